The zero-order valence-corrected chi connectivity index (χ0v) is 67.8. The third-order valence-electron chi connectivity index (χ3n) is 30.8. The summed E-state index contributed by atoms with van der Waals surface area (Å²) >= 11 is 12.0. The molecule has 18 rings (SSSR count). The van der Waals surface area contributed by atoms with Crippen LogP contribution in [0.25, 0.3) is 33.1 Å². The molecule has 12 fully saturated rings. The van der Waals surface area contributed by atoms with Crippen molar-refractivity contribution in [3.63, 3.8) is 0 Å². The highest BCUT2D eigenvalue weighted by Gasteiger charge is 2.63. The van der Waals surface area contributed by atoms with Gasteiger partial charge in [0, 0.05) is 17.8 Å². The maximum atomic E-state index is 13.6. The van der Waals surface area contributed by atoms with Gasteiger partial charge >= 0.3 is 0 Å². The number of thiocarbonyl (C=S) groups is 1. The van der Waals surface area contributed by atoms with Gasteiger partial charge in [-0.05, 0) is 374 Å². The molecule has 0 radical (unpaired) electrons. The van der Waals surface area contributed by atoms with Gasteiger partial charge in [0.2, 0.25) is 0 Å². The fourth-order valence-corrected chi connectivity index (χ4v) is 26.6. The minimum absolute atomic E-state index is 0.136. The number of aliphatic hydroxyl groups is 3. The van der Waals surface area contributed by atoms with E-state index in [1.807, 2.05) is 86.6 Å². The Labute approximate surface area is 648 Å². The number of carbonyl (C=O) groups is 3. The molecule has 0 amide bonds. The van der Waals surface area contributed by atoms with Crippen LogP contribution in [0.1, 0.15) is 208 Å². The number of benzene rings is 3. The Morgan fingerprint density at radius 2 is 0.874 bits per heavy atom. The van der Waals surface area contributed by atoms with Crippen LogP contribution >= 0.6 is 73.3 Å². The topological polar surface area (TPSA) is 215 Å². The summed E-state index contributed by atoms with van der Waals surface area (Å²) in [5, 5.41) is 59.9. The third-order valence-corrected chi connectivity index (χ3v) is 31.3. The van der Waals surface area contributed by atoms with E-state index in [2.05, 4.69) is 130 Å². The Kier molecular flexibility index (Phi) is 22.9. The number of hydrogen-bond acceptors (Lipinski definition) is 13. The lowest BCUT2D eigenvalue weighted by Crippen LogP contribution is -2.53. The van der Waals surface area contributed by atoms with Crippen LogP contribution in [0.5, 0.6) is 0 Å². The molecular weight excluding hydrogens is 1610 g/mol. The first kappa shape index (κ1) is 76.4. The van der Waals surface area contributed by atoms with Crippen LogP contribution in [0.2, 0.25) is 0 Å². The van der Waals surface area contributed by atoms with Crippen molar-refractivity contribution in [2.24, 2.45) is 123 Å². The zero-order chi connectivity index (χ0) is 72.5. The van der Waals surface area contributed by atoms with Gasteiger partial charge in [0.15, 0.2) is 11.6 Å². The largest absolute Gasteiger partial charge is 0.390 e. The van der Waals surface area contributed by atoms with Crippen LogP contribution in [0.15, 0.2) is 72.8 Å². The molecule has 6 aromatic rings. The van der Waals surface area contributed by atoms with Gasteiger partial charge in [-0.25, -0.2) is 13.5 Å². The maximum Gasteiger partial charge on any atom is 0.266 e. The van der Waals surface area contributed by atoms with Crippen molar-refractivity contribution >= 4 is 125 Å². The normalized spacial score (nSPS) is 41.0. The molecule has 0 bridgehead atoms. The standard InChI is InChI=1S/2C27H37N3O2.C21H31BrF2O2.C6H5N3.CI2S/c1-26(32)13-11-18-17(15-26)7-8-20-19(18)12-14-27(2)21(20)9-10-22(27)25(31)16-30-24-6-4-3-5-23(24)28-29-30;1-26(32)13-11-18-17(15-26)7-8-20-19(18)12-14-27(2)21(20)9-10-22(27)25(31)16-30-28-23-5-3-4-6-24(23)29-30;1-20-8-6-14-13-7-9-21(26,19(23)24)10-12(13)2-3-15(14)16(20)4-5-17(20)18(25)11-22;1-2-4-6-5(3-1)7-9-8-6;2-1(3)4/h2*3-6,17-22,32H,7-16H2,1-2H3;12-17,19,26H,2-11H2,1H3;1-4H,(H,7,8,9);/t2*17-,18+,19-,20-,21+,22-,26-,27+;12-,13+,14-,15-,16+,17-,20+,21-;;/m111../s1. The van der Waals surface area contributed by atoms with Gasteiger partial charge in [-0.3, -0.25) is 14.4 Å². The number of carbonyl (C=O) groups excluding carboxylic acids is 3. The lowest BCUT2D eigenvalue weighted by molar-refractivity contribution is -0.160. The second kappa shape index (κ2) is 30.8. The van der Waals surface area contributed by atoms with Crippen LogP contribution < -0.4 is 0 Å². The van der Waals surface area contributed by atoms with Crippen LogP contribution in [0.3, 0.4) is 0 Å². The summed E-state index contributed by atoms with van der Waals surface area (Å²) in [6.07, 6.45) is 26.0. The molecule has 0 spiro atoms. The number of rotatable bonds is 9. The Morgan fingerprint density at radius 1 is 0.495 bits per heavy atom. The maximum absolute atomic E-state index is 13.6. The van der Waals surface area contributed by atoms with E-state index in [1.165, 1.54) is 77.0 Å². The molecular formula is C82H110BrF2I2N9O6S. The lowest BCUT2D eigenvalue weighted by Gasteiger charge is -2.57. The summed E-state index contributed by atoms with van der Waals surface area (Å²) in [6, 6.07) is 23.5. The van der Waals surface area contributed by atoms with Gasteiger partial charge in [-0.1, -0.05) is 90.5 Å². The number of ketones is 3. The molecule has 12 aliphatic carbocycles. The van der Waals surface area contributed by atoms with Crippen molar-refractivity contribution in [2.75, 3.05) is 5.33 Å². The SMILES string of the molecule is C[C@@]1(O)CC[C@H]2[C@H](CC[C@@H]3[C@@H]2CC[C@]2(C)[C@@H](C(=O)Cn4nc5ccccc5n4)CC[C@@H]32)C1.C[C@@]1(O)CC[C@H]2[C@H](CC[C@@H]3[C@@H]2CC[C@]2(C)[C@@H](C(=O)Cn4nnc5ccccc54)CC[C@@H]32)C1.C[C@]12CC[C@H]3[C@@H](CC[C@@H]4C[C@@](O)(C(F)F)CC[C@@H]43)[C@@H]1CC[C@@H]2C(=O)CBr.S=C(I)I.c1ccc2n[nH]nc2c1. The fourth-order valence-electron chi connectivity index (χ4n) is 26.3. The number of nitrogens with one attached hydrogen (secondary N) is 1. The van der Waals surface area contributed by atoms with Gasteiger partial charge in [0.25, 0.3) is 6.43 Å². The second-order valence-electron chi connectivity index (χ2n) is 36.0. The Bertz CT molecular complexity index is 3950. The predicted octanol–water partition coefficient (Wildman–Crippen LogP) is 18.4. The summed E-state index contributed by atoms with van der Waals surface area (Å²) in [4.78, 5) is 41.1. The highest BCUT2D eigenvalue weighted by atomic mass is 127. The number of aromatic amines is 1. The van der Waals surface area contributed by atoms with Crippen molar-refractivity contribution in [1.82, 2.24) is 45.4 Å². The van der Waals surface area contributed by atoms with Crippen LogP contribution in [0.4, 0.5) is 8.78 Å². The van der Waals surface area contributed by atoms with E-state index in [0.717, 1.165) is 153 Å². The van der Waals surface area contributed by atoms with Crippen LogP contribution in [-0.4, -0.2) is 108 Å². The Balaban J connectivity index is 0.000000120. The number of halogens is 5. The molecule has 3 heterocycles. The van der Waals surface area contributed by atoms with Gasteiger partial charge < -0.3 is 15.3 Å². The summed E-state index contributed by atoms with van der Waals surface area (Å²) in [5.41, 5.74) is 3.12. The molecule has 3 aromatic carbocycles. The molecule has 4 N–H and O–H groups in total. The van der Waals surface area contributed by atoms with E-state index in [-0.39, 0.29) is 52.8 Å². The number of alkyl halides is 3. The fraction of sp³-hybridized carbons (Fsp3) is 0.732. The third kappa shape index (κ3) is 15.3. The quantitative estimate of drug-likeness (QED) is 0.0459. The summed E-state index contributed by atoms with van der Waals surface area (Å²) < 4.78 is 29.3. The first-order valence-electron chi connectivity index (χ1n) is 39.5. The van der Waals surface area contributed by atoms with Gasteiger partial charge in [0.05, 0.1) is 22.0 Å². The van der Waals surface area contributed by atoms with Crippen LogP contribution in [0, 0.1) is 123 Å². The summed E-state index contributed by atoms with van der Waals surface area (Å²) in [6.45, 7) is 11.9. The van der Waals surface area contributed by atoms with E-state index in [0.29, 0.717) is 83.1 Å². The number of aromatic nitrogens is 9. The molecule has 0 aliphatic heterocycles. The highest BCUT2D eigenvalue weighted by molar-refractivity contribution is 14.2. The summed E-state index contributed by atoms with van der Waals surface area (Å²) in [5.74, 6) is 11.8. The molecule has 0 saturated heterocycles. The number of nitrogens with zero attached hydrogens (tertiary/aromatic N) is 8. The number of hydrogen-bond donors (Lipinski definition) is 4. The molecule has 0 unspecified atom stereocenters. The van der Waals surface area contributed by atoms with E-state index in [1.54, 1.807) is 9.48 Å². The van der Waals surface area contributed by atoms with Crippen LogP contribution in [-0.2, 0) is 27.5 Å². The predicted molar refractivity (Wildman–Crippen MR) is 422 cm³/mol. The molecule has 560 valence electrons. The van der Waals surface area contributed by atoms with E-state index in [9.17, 15) is 38.5 Å². The highest BCUT2D eigenvalue weighted by Crippen LogP contribution is 2.68. The Morgan fingerprint density at radius 3 is 1.31 bits per heavy atom. The lowest BCUT2D eigenvalue weighted by atomic mass is 9.49. The number of Topliss-reactive ketones (excluding diaryl/α,β-unsaturated/α-hetero) is 3. The monoisotopic (exact) mass is 1720 g/mol. The van der Waals surface area contributed by atoms with E-state index >= 15 is 0 Å². The molecule has 103 heavy (non-hydrogen) atoms. The zero-order valence-electron chi connectivity index (χ0n) is 61.1. The minimum Gasteiger partial charge on any atom is -0.390 e. The molecule has 12 aliphatic rings. The molecule has 12 saturated carbocycles. The first-order valence-corrected chi connectivity index (χ1v) is 43.2. The number of H-pyrrole nitrogens is 1. The van der Waals surface area contributed by atoms with Crippen molar-refractivity contribution < 1.29 is 38.5 Å². The van der Waals surface area contributed by atoms with Crippen molar-refractivity contribution in [2.45, 2.75) is 244 Å². The smallest absolute Gasteiger partial charge is 0.266 e. The second-order valence-corrected chi connectivity index (χ2v) is 42.6. The average molecular weight is 1720 g/mol. The average Bonchev–Trinajstić information content (AvgIpc) is 1.71. The van der Waals surface area contributed by atoms with Crippen molar-refractivity contribution in [3.05, 3.63) is 72.8 Å². The van der Waals surface area contributed by atoms with Crippen molar-refractivity contribution in [3.8, 4) is 0 Å². The molecule has 24 atom stereocenters. The molecule has 3 aromatic heterocycles. The van der Waals surface area contributed by atoms with Gasteiger partial charge in [-0.15, -0.1) is 5.10 Å². The number of para-hydroxylation sites is 3. The van der Waals surface area contributed by atoms with E-state index in [4.69, 9.17) is 0 Å². The van der Waals surface area contributed by atoms with Gasteiger partial charge in [-0.2, -0.15) is 30.4 Å². The molecule has 21 heteroatoms. The van der Waals surface area contributed by atoms with Gasteiger partial charge in [0.1, 0.15) is 52.9 Å². The minimum atomic E-state index is -2.62. The molecule has 15 nitrogen and oxygen atoms in total. The first-order chi connectivity index (χ1) is 49.2. The van der Waals surface area contributed by atoms with Crippen molar-refractivity contribution in [1.29, 1.82) is 0 Å². The Hall–Kier alpha value is -3.36. The summed E-state index contributed by atoms with van der Waals surface area (Å²) in [7, 11) is 0. The van der Waals surface area contributed by atoms with E-state index < -0.39 is 23.2 Å². The number of fused-ring (bicyclic) bond motifs is 18.